The van der Waals surface area contributed by atoms with Crippen molar-refractivity contribution in [3.8, 4) is 11.8 Å². The highest BCUT2D eigenvalue weighted by molar-refractivity contribution is 7.19. The van der Waals surface area contributed by atoms with Gasteiger partial charge in [0, 0.05) is 11.1 Å². The van der Waals surface area contributed by atoms with Crippen LogP contribution in [0.4, 0.5) is 0 Å². The molecule has 0 unspecified atom stereocenters. The monoisotopic (exact) mass is 778 g/mol. The second-order valence-electron chi connectivity index (χ2n) is 13.7. The number of hydrogen-bond acceptors (Lipinski definition) is 8. The van der Waals surface area contributed by atoms with E-state index in [1.54, 1.807) is 45.3 Å². The van der Waals surface area contributed by atoms with Gasteiger partial charge >= 0.3 is 0 Å². The van der Waals surface area contributed by atoms with Gasteiger partial charge in [0.1, 0.15) is 0 Å². The quantitative estimate of drug-likeness (QED) is 0.0627. The van der Waals surface area contributed by atoms with Crippen LogP contribution in [0.25, 0.3) is 65.2 Å². The second kappa shape index (κ2) is 17.3. The van der Waals surface area contributed by atoms with Crippen molar-refractivity contribution >= 4 is 111 Å². The van der Waals surface area contributed by atoms with E-state index in [0.717, 1.165) is 76.0 Å². The van der Waals surface area contributed by atoms with E-state index >= 15 is 0 Å². The molecule has 54 heavy (non-hydrogen) atoms. The molecule has 0 fully saturated rings. The zero-order valence-electron chi connectivity index (χ0n) is 30.7. The molecule has 0 aliphatic heterocycles. The molecule has 0 saturated carbocycles. The van der Waals surface area contributed by atoms with Gasteiger partial charge in [-0.3, -0.25) is 0 Å². The summed E-state index contributed by atoms with van der Waals surface area (Å²) in [6.07, 6.45) is 21.4. The molecule has 0 saturated heterocycles. The minimum atomic E-state index is 0.923. The normalized spacial score (nSPS) is 12.0. The van der Waals surface area contributed by atoms with E-state index < -0.39 is 0 Å². The molecule has 0 bridgehead atoms. The molecular weight excluding hydrogens is 737 g/mol. The van der Waals surface area contributed by atoms with Crippen LogP contribution in [0, 0.1) is 11.8 Å². The summed E-state index contributed by atoms with van der Waals surface area (Å²) >= 11 is 6.54. The first-order chi connectivity index (χ1) is 26.7. The van der Waals surface area contributed by atoms with E-state index in [1.165, 1.54) is 73.6 Å². The lowest BCUT2D eigenvalue weighted by atomic mass is 10.0. The molecule has 0 spiro atoms. The number of fused-ring (bicyclic) bond motifs is 4. The van der Waals surface area contributed by atoms with Crippen molar-refractivity contribution in [3.63, 3.8) is 0 Å². The second-order valence-corrected chi connectivity index (χ2v) is 17.1. The Morgan fingerprint density at radius 1 is 0.444 bits per heavy atom. The highest BCUT2D eigenvalue weighted by atomic mass is 32.1. The third-order valence-corrected chi connectivity index (χ3v) is 13.4. The lowest BCUT2D eigenvalue weighted by molar-refractivity contribution is 0.667. The lowest BCUT2D eigenvalue weighted by Gasteiger charge is -2.05. The maximum Gasteiger partial charge on any atom is 0.0990 e. The highest BCUT2D eigenvalue weighted by Crippen LogP contribution is 2.39. The van der Waals surface area contributed by atoms with E-state index in [2.05, 4.69) is 98.5 Å². The summed E-state index contributed by atoms with van der Waals surface area (Å²) in [5.74, 6) is 7.17. The fraction of sp³-hybridized carbons (Fsp3) is 0.261. The molecule has 4 aromatic carbocycles. The van der Waals surface area contributed by atoms with Crippen LogP contribution in [-0.2, 0) is 12.8 Å². The topological polar surface area (TPSA) is 51.6 Å². The fourth-order valence-corrected chi connectivity index (χ4v) is 10.3. The number of aryl methyl sites for hydroxylation is 2. The average molecular weight is 779 g/mol. The van der Waals surface area contributed by atoms with E-state index in [1.807, 2.05) is 22.0 Å². The molecule has 0 N–H and O–H groups in total. The number of aromatic nitrogens is 4. The van der Waals surface area contributed by atoms with Crippen LogP contribution in [0.5, 0.6) is 0 Å². The fourth-order valence-electron chi connectivity index (χ4n) is 7.02. The molecule has 8 rings (SSSR count). The molecule has 0 amide bonds. The lowest BCUT2D eigenvalue weighted by Crippen LogP contribution is -1.88. The van der Waals surface area contributed by atoms with Gasteiger partial charge in [-0.05, 0) is 47.9 Å². The van der Waals surface area contributed by atoms with Crippen LogP contribution in [0.15, 0.2) is 70.6 Å². The van der Waals surface area contributed by atoms with Crippen molar-refractivity contribution in [1.82, 2.24) is 19.9 Å². The van der Waals surface area contributed by atoms with Crippen molar-refractivity contribution in [1.29, 1.82) is 0 Å². The van der Waals surface area contributed by atoms with Gasteiger partial charge in [0.15, 0.2) is 0 Å². The summed E-state index contributed by atoms with van der Waals surface area (Å²) in [6.45, 7) is 4.52. The van der Waals surface area contributed by atoms with E-state index in [4.69, 9.17) is 19.9 Å². The number of nitrogens with zero attached hydrogens (tertiary/aromatic N) is 4. The Labute approximate surface area is 333 Å². The SMILES string of the molecule is CCCCCCc1ccc(/C=C/c2c3ncsc3c(C#Cc3c4ncsc4c(/C=C/c4ccc(CCCCCC)cc4)c4ncsc34)c3ncsc23)cc1. The van der Waals surface area contributed by atoms with Gasteiger partial charge in [0.05, 0.1) is 74.0 Å². The van der Waals surface area contributed by atoms with Gasteiger partial charge in [-0.2, -0.15) is 0 Å². The Morgan fingerprint density at radius 3 is 1.24 bits per heavy atom. The molecular formula is C46H42N4S4. The Hall–Kier alpha value is -4.52. The van der Waals surface area contributed by atoms with E-state index in [9.17, 15) is 0 Å². The molecule has 0 aliphatic carbocycles. The summed E-state index contributed by atoms with van der Waals surface area (Å²) in [7, 11) is 0. The third kappa shape index (κ3) is 7.83. The number of benzene rings is 4. The summed E-state index contributed by atoms with van der Waals surface area (Å²) in [5.41, 5.74) is 20.7. The number of hydrogen-bond donors (Lipinski definition) is 0. The Morgan fingerprint density at radius 2 is 0.833 bits per heavy atom. The minimum Gasteiger partial charge on any atom is -0.244 e. The Balaban J connectivity index is 1.10. The van der Waals surface area contributed by atoms with Crippen LogP contribution in [0.1, 0.15) is 110 Å². The number of thiazole rings is 4. The Bertz CT molecular complexity index is 2360. The maximum atomic E-state index is 4.86. The zero-order valence-corrected chi connectivity index (χ0v) is 34.0. The van der Waals surface area contributed by atoms with Crippen LogP contribution >= 0.6 is 45.3 Å². The van der Waals surface area contributed by atoms with Crippen molar-refractivity contribution in [2.75, 3.05) is 0 Å². The molecule has 4 aromatic heterocycles. The number of unbranched alkanes of at least 4 members (excludes halogenated alkanes) is 6. The van der Waals surface area contributed by atoms with E-state index in [-0.39, 0.29) is 0 Å². The van der Waals surface area contributed by atoms with Gasteiger partial charge in [0.2, 0.25) is 0 Å². The summed E-state index contributed by atoms with van der Waals surface area (Å²) in [4.78, 5) is 19.4. The minimum absolute atomic E-state index is 0.923. The van der Waals surface area contributed by atoms with Crippen LogP contribution < -0.4 is 0 Å². The molecule has 8 aromatic rings. The summed E-state index contributed by atoms with van der Waals surface area (Å²) < 4.78 is 4.33. The molecule has 4 heterocycles. The Kier molecular flexibility index (Phi) is 11.7. The number of rotatable bonds is 14. The predicted molar refractivity (Wildman–Crippen MR) is 238 cm³/mol. The van der Waals surface area contributed by atoms with Gasteiger partial charge in [-0.15, -0.1) is 45.3 Å². The highest BCUT2D eigenvalue weighted by Gasteiger charge is 2.19. The van der Waals surface area contributed by atoms with Crippen molar-refractivity contribution in [2.24, 2.45) is 0 Å². The first-order valence-electron chi connectivity index (χ1n) is 19.0. The van der Waals surface area contributed by atoms with Crippen LogP contribution in [-0.4, -0.2) is 19.9 Å². The molecule has 270 valence electrons. The van der Waals surface area contributed by atoms with Gasteiger partial charge < -0.3 is 0 Å². The van der Waals surface area contributed by atoms with Gasteiger partial charge in [-0.1, -0.05) is 137 Å². The van der Waals surface area contributed by atoms with Crippen LogP contribution in [0.3, 0.4) is 0 Å². The van der Waals surface area contributed by atoms with E-state index in [0.29, 0.717) is 0 Å². The largest absolute Gasteiger partial charge is 0.244 e. The summed E-state index contributed by atoms with van der Waals surface area (Å²) in [6, 6.07) is 18.0. The zero-order chi connectivity index (χ0) is 36.7. The predicted octanol–water partition coefficient (Wildman–Crippen LogP) is 14.1. The first kappa shape index (κ1) is 36.5. The average Bonchev–Trinajstić information content (AvgIpc) is 4.04. The molecule has 0 atom stereocenters. The smallest absolute Gasteiger partial charge is 0.0990 e. The van der Waals surface area contributed by atoms with Crippen molar-refractivity contribution in [2.45, 2.75) is 78.1 Å². The molecule has 8 heteroatoms. The molecule has 4 nitrogen and oxygen atoms in total. The van der Waals surface area contributed by atoms with Crippen molar-refractivity contribution in [3.05, 3.63) is 115 Å². The van der Waals surface area contributed by atoms with Crippen molar-refractivity contribution < 1.29 is 0 Å². The standard InChI is InChI=1S/C46H42N4S4/c1-3-5-7-9-11-31-13-17-33(18-14-31)21-23-35-39-45(53-27-47-39)37(41-43(35)51-29-49-41)25-26-38-42-44(52-30-50-42)36(40-46(38)54-28-48-40)24-22-34-19-15-32(16-20-34)12-10-8-6-4-2/h13-24,27-30H,3-12H2,1-2H3/b23-21+,24-22+. The van der Waals surface area contributed by atoms with Crippen LogP contribution in [0.2, 0.25) is 0 Å². The molecule has 0 radical (unpaired) electrons. The van der Waals surface area contributed by atoms with Gasteiger partial charge in [-0.25, -0.2) is 19.9 Å². The van der Waals surface area contributed by atoms with Gasteiger partial charge in [0.25, 0.3) is 0 Å². The first-order valence-corrected chi connectivity index (χ1v) is 22.5. The summed E-state index contributed by atoms with van der Waals surface area (Å²) in [5, 5.41) is 0. The molecule has 0 aliphatic rings. The maximum absolute atomic E-state index is 4.86. The third-order valence-electron chi connectivity index (χ3n) is 9.99.